The number of methoxy groups -OCH3 is 2. The van der Waals surface area contributed by atoms with Gasteiger partial charge in [0.05, 0.1) is 32.0 Å². The number of para-hydroxylation sites is 1. The third kappa shape index (κ3) is 3.68. The molecule has 3 aromatic rings. The Hall–Kier alpha value is -3.00. The summed E-state index contributed by atoms with van der Waals surface area (Å²) in [7, 11) is 3.32. The van der Waals surface area contributed by atoms with Crippen LogP contribution in [0.4, 0.5) is 0 Å². The van der Waals surface area contributed by atoms with Crippen molar-refractivity contribution in [2.75, 3.05) is 27.3 Å². The van der Waals surface area contributed by atoms with Crippen molar-refractivity contribution in [3.05, 3.63) is 47.7 Å². The van der Waals surface area contributed by atoms with E-state index in [1.165, 1.54) is 0 Å². The Bertz CT molecular complexity index is 941. The van der Waals surface area contributed by atoms with Crippen LogP contribution < -0.4 is 9.47 Å². The highest BCUT2D eigenvalue weighted by Crippen LogP contribution is 2.34. The molecule has 8 nitrogen and oxygen atoms in total. The van der Waals surface area contributed by atoms with Crippen molar-refractivity contribution >= 4 is 0 Å². The molecule has 1 aliphatic rings. The normalized spacial score (nSPS) is 17.0. The fraction of sp³-hybridized carbons (Fsp3) is 0.400. The van der Waals surface area contributed by atoms with Gasteiger partial charge in [0.2, 0.25) is 5.89 Å². The predicted molar refractivity (Wildman–Crippen MR) is 102 cm³/mol. The number of aromatic nitrogens is 4. The standard InChI is InChI=1S/C20H23N5O3/c1-13-9-22-16(10-21-13)20-24-23-19(28-20)15-7-8-25(12-15)11-14-5-4-6-17(26-2)18(14)27-3/h4-6,9-10,15H,7-8,11-12H2,1-3H3/t15-/m0/s1. The summed E-state index contributed by atoms with van der Waals surface area (Å²) in [5.74, 6) is 2.80. The molecule has 0 saturated carbocycles. The first-order valence-electron chi connectivity index (χ1n) is 9.22. The van der Waals surface area contributed by atoms with Crippen molar-refractivity contribution in [3.8, 4) is 23.1 Å². The molecule has 0 aliphatic carbocycles. The lowest BCUT2D eigenvalue weighted by atomic mass is 10.1. The van der Waals surface area contributed by atoms with E-state index >= 15 is 0 Å². The van der Waals surface area contributed by atoms with Crippen LogP contribution in [0.25, 0.3) is 11.6 Å². The largest absolute Gasteiger partial charge is 0.493 e. The lowest BCUT2D eigenvalue weighted by Crippen LogP contribution is -2.20. The highest BCUT2D eigenvalue weighted by molar-refractivity contribution is 5.46. The Morgan fingerprint density at radius 3 is 2.79 bits per heavy atom. The number of hydrogen-bond donors (Lipinski definition) is 0. The van der Waals surface area contributed by atoms with Crippen LogP contribution in [-0.4, -0.2) is 52.4 Å². The van der Waals surface area contributed by atoms with E-state index in [2.05, 4.69) is 31.1 Å². The molecule has 0 N–H and O–H groups in total. The van der Waals surface area contributed by atoms with Gasteiger partial charge >= 0.3 is 0 Å². The van der Waals surface area contributed by atoms with Crippen LogP contribution in [0, 0.1) is 6.92 Å². The number of rotatable bonds is 6. The van der Waals surface area contributed by atoms with E-state index in [4.69, 9.17) is 13.9 Å². The summed E-state index contributed by atoms with van der Waals surface area (Å²) >= 11 is 0. The number of ether oxygens (including phenoxy) is 2. The minimum Gasteiger partial charge on any atom is -0.493 e. The van der Waals surface area contributed by atoms with Gasteiger partial charge < -0.3 is 13.9 Å². The van der Waals surface area contributed by atoms with E-state index in [1.807, 2.05) is 19.1 Å². The fourth-order valence-corrected chi connectivity index (χ4v) is 3.50. The van der Waals surface area contributed by atoms with Gasteiger partial charge in [-0.15, -0.1) is 10.2 Å². The first-order chi connectivity index (χ1) is 13.7. The molecule has 2 aromatic heterocycles. The van der Waals surface area contributed by atoms with Crippen molar-refractivity contribution in [2.24, 2.45) is 0 Å². The Balaban J connectivity index is 1.44. The monoisotopic (exact) mass is 381 g/mol. The molecule has 0 bridgehead atoms. The summed E-state index contributed by atoms with van der Waals surface area (Å²) < 4.78 is 16.8. The van der Waals surface area contributed by atoms with Crippen molar-refractivity contribution in [1.82, 2.24) is 25.1 Å². The summed E-state index contributed by atoms with van der Waals surface area (Å²) in [5, 5.41) is 8.39. The van der Waals surface area contributed by atoms with Gasteiger partial charge in [-0.05, 0) is 26.0 Å². The van der Waals surface area contributed by atoms with Crippen LogP contribution in [0.1, 0.15) is 29.5 Å². The molecule has 0 amide bonds. The Labute approximate surface area is 163 Å². The van der Waals surface area contributed by atoms with Gasteiger partial charge in [0.1, 0.15) is 5.69 Å². The molecular formula is C20H23N5O3. The van der Waals surface area contributed by atoms with Crippen LogP contribution in [0.5, 0.6) is 11.5 Å². The summed E-state index contributed by atoms with van der Waals surface area (Å²) in [6.07, 6.45) is 4.31. The van der Waals surface area contributed by atoms with Crippen molar-refractivity contribution in [3.63, 3.8) is 0 Å². The third-order valence-corrected chi connectivity index (χ3v) is 4.94. The fourth-order valence-electron chi connectivity index (χ4n) is 3.50. The van der Waals surface area contributed by atoms with Crippen LogP contribution in [0.3, 0.4) is 0 Å². The summed E-state index contributed by atoms with van der Waals surface area (Å²) in [5.41, 5.74) is 2.55. The average Bonchev–Trinajstić information content (AvgIpc) is 3.38. The molecule has 1 aromatic carbocycles. The van der Waals surface area contributed by atoms with Crippen molar-refractivity contribution in [2.45, 2.75) is 25.8 Å². The Morgan fingerprint density at radius 2 is 2.04 bits per heavy atom. The van der Waals surface area contributed by atoms with Crippen molar-refractivity contribution < 1.29 is 13.9 Å². The zero-order chi connectivity index (χ0) is 19.5. The van der Waals surface area contributed by atoms with Gasteiger partial charge in [-0.3, -0.25) is 9.88 Å². The van der Waals surface area contributed by atoms with Crippen LogP contribution in [-0.2, 0) is 6.54 Å². The molecule has 8 heteroatoms. The Morgan fingerprint density at radius 1 is 1.14 bits per heavy atom. The topological polar surface area (TPSA) is 86.4 Å². The number of nitrogens with zero attached hydrogens (tertiary/aromatic N) is 5. The predicted octanol–water partition coefficient (Wildman–Crippen LogP) is 2.84. The lowest BCUT2D eigenvalue weighted by molar-refractivity contribution is 0.305. The van der Waals surface area contributed by atoms with Gasteiger partial charge in [-0.1, -0.05) is 12.1 Å². The van der Waals surface area contributed by atoms with E-state index < -0.39 is 0 Å². The lowest BCUT2D eigenvalue weighted by Gasteiger charge is -2.18. The minimum atomic E-state index is 0.205. The minimum absolute atomic E-state index is 0.205. The number of benzene rings is 1. The second-order valence-electron chi connectivity index (χ2n) is 6.86. The highest BCUT2D eigenvalue weighted by Gasteiger charge is 2.29. The number of aryl methyl sites for hydroxylation is 1. The molecule has 3 heterocycles. The Kier molecular flexibility index (Phi) is 5.21. The molecule has 0 radical (unpaired) electrons. The van der Waals surface area contributed by atoms with Gasteiger partial charge in [0, 0.05) is 24.8 Å². The molecule has 0 unspecified atom stereocenters. The molecular weight excluding hydrogens is 358 g/mol. The molecule has 1 saturated heterocycles. The summed E-state index contributed by atoms with van der Waals surface area (Å²) in [4.78, 5) is 10.9. The number of hydrogen-bond acceptors (Lipinski definition) is 8. The molecule has 28 heavy (non-hydrogen) atoms. The molecule has 146 valence electrons. The van der Waals surface area contributed by atoms with Gasteiger partial charge in [-0.25, -0.2) is 4.98 Å². The van der Waals surface area contributed by atoms with E-state index in [0.717, 1.165) is 48.8 Å². The van der Waals surface area contributed by atoms with Gasteiger partial charge in [0.25, 0.3) is 5.89 Å². The molecule has 1 fully saturated rings. The van der Waals surface area contributed by atoms with Crippen molar-refractivity contribution in [1.29, 1.82) is 0 Å². The second-order valence-corrected chi connectivity index (χ2v) is 6.86. The van der Waals surface area contributed by atoms with E-state index in [-0.39, 0.29) is 5.92 Å². The second kappa shape index (κ2) is 7.93. The van der Waals surface area contributed by atoms with Crippen LogP contribution in [0.2, 0.25) is 0 Å². The quantitative estimate of drug-likeness (QED) is 0.644. The molecule has 0 spiro atoms. The van der Waals surface area contributed by atoms with E-state index in [9.17, 15) is 0 Å². The third-order valence-electron chi connectivity index (χ3n) is 4.94. The summed E-state index contributed by atoms with van der Waals surface area (Å²) in [6.45, 7) is 4.47. The molecule has 1 atom stereocenters. The van der Waals surface area contributed by atoms with Gasteiger partial charge in [0.15, 0.2) is 11.5 Å². The maximum atomic E-state index is 5.88. The first-order valence-corrected chi connectivity index (χ1v) is 9.22. The number of likely N-dealkylation sites (tertiary alicyclic amines) is 1. The molecule has 4 rings (SSSR count). The summed E-state index contributed by atoms with van der Waals surface area (Å²) in [6, 6.07) is 5.95. The maximum absolute atomic E-state index is 5.88. The highest BCUT2D eigenvalue weighted by atomic mass is 16.5. The van der Waals surface area contributed by atoms with Crippen LogP contribution >= 0.6 is 0 Å². The molecule has 1 aliphatic heterocycles. The van der Waals surface area contributed by atoms with E-state index in [0.29, 0.717) is 17.5 Å². The first kappa shape index (κ1) is 18.4. The zero-order valence-corrected chi connectivity index (χ0v) is 16.3. The average molecular weight is 381 g/mol. The van der Waals surface area contributed by atoms with Crippen LogP contribution in [0.15, 0.2) is 35.0 Å². The maximum Gasteiger partial charge on any atom is 0.267 e. The smallest absolute Gasteiger partial charge is 0.267 e. The van der Waals surface area contributed by atoms with E-state index in [1.54, 1.807) is 26.6 Å². The SMILES string of the molecule is COc1cccc(CN2CC[C@H](c3nnc(-c4cnc(C)cn4)o3)C2)c1OC. The zero-order valence-electron chi connectivity index (χ0n) is 16.3. The van der Waals surface area contributed by atoms with Gasteiger partial charge in [-0.2, -0.15) is 0 Å².